The number of aromatic nitrogens is 2. The third-order valence-electron chi connectivity index (χ3n) is 4.54. The SMILES string of the molecule is Cl.F[C@@H]1CN[C@@H](c2nc(-c3ccc(CN4CCOCC4)cc3)no2)C1. The summed E-state index contributed by atoms with van der Waals surface area (Å²) >= 11 is 0. The van der Waals surface area contributed by atoms with E-state index in [2.05, 4.69) is 32.5 Å². The number of alkyl halides is 1. The minimum Gasteiger partial charge on any atom is -0.379 e. The van der Waals surface area contributed by atoms with Crippen LogP contribution in [-0.4, -0.2) is 54.1 Å². The van der Waals surface area contributed by atoms with E-state index in [0.717, 1.165) is 38.4 Å². The molecule has 2 aliphatic heterocycles. The number of morpholine rings is 1. The van der Waals surface area contributed by atoms with Gasteiger partial charge >= 0.3 is 0 Å². The number of ether oxygens (including phenoxy) is 1. The van der Waals surface area contributed by atoms with Crippen LogP contribution in [0.1, 0.15) is 23.9 Å². The highest BCUT2D eigenvalue weighted by Gasteiger charge is 2.29. The van der Waals surface area contributed by atoms with Crippen molar-refractivity contribution < 1.29 is 13.7 Å². The van der Waals surface area contributed by atoms with E-state index < -0.39 is 6.17 Å². The van der Waals surface area contributed by atoms with Gasteiger partial charge in [-0.25, -0.2) is 4.39 Å². The molecule has 1 aromatic carbocycles. The van der Waals surface area contributed by atoms with Crippen molar-refractivity contribution in [1.82, 2.24) is 20.4 Å². The topological polar surface area (TPSA) is 63.4 Å². The average Bonchev–Trinajstić information content (AvgIpc) is 3.25. The molecule has 1 N–H and O–H groups in total. The van der Waals surface area contributed by atoms with Crippen LogP contribution < -0.4 is 5.32 Å². The van der Waals surface area contributed by atoms with Gasteiger partial charge in [0.1, 0.15) is 6.17 Å². The summed E-state index contributed by atoms with van der Waals surface area (Å²) in [5.41, 5.74) is 2.16. The largest absolute Gasteiger partial charge is 0.379 e. The minimum atomic E-state index is -0.843. The van der Waals surface area contributed by atoms with E-state index in [1.54, 1.807) is 0 Å². The van der Waals surface area contributed by atoms with Gasteiger partial charge in [0.25, 0.3) is 0 Å². The minimum absolute atomic E-state index is 0. The third kappa shape index (κ3) is 4.36. The molecule has 2 atom stereocenters. The smallest absolute Gasteiger partial charge is 0.244 e. The Morgan fingerprint density at radius 1 is 1.20 bits per heavy atom. The maximum absolute atomic E-state index is 13.3. The monoisotopic (exact) mass is 368 g/mol. The van der Waals surface area contributed by atoms with Gasteiger partial charge in [-0.1, -0.05) is 29.4 Å². The Morgan fingerprint density at radius 3 is 2.64 bits per heavy atom. The van der Waals surface area contributed by atoms with Crippen molar-refractivity contribution in [3.05, 3.63) is 35.7 Å². The molecule has 1 aromatic heterocycles. The molecule has 0 aliphatic carbocycles. The molecule has 0 saturated carbocycles. The first-order valence-corrected chi connectivity index (χ1v) is 8.38. The lowest BCUT2D eigenvalue weighted by atomic mass is 10.1. The highest BCUT2D eigenvalue weighted by atomic mass is 35.5. The van der Waals surface area contributed by atoms with Crippen LogP contribution in [0.15, 0.2) is 28.8 Å². The molecule has 136 valence electrons. The fraction of sp³-hybridized carbons (Fsp3) is 0.529. The molecule has 2 aromatic rings. The summed E-state index contributed by atoms with van der Waals surface area (Å²) in [6.45, 7) is 4.82. The van der Waals surface area contributed by atoms with Gasteiger partial charge in [-0.2, -0.15) is 4.98 Å². The molecule has 4 rings (SSSR count). The van der Waals surface area contributed by atoms with Crippen LogP contribution in [0.25, 0.3) is 11.4 Å². The Balaban J connectivity index is 0.00000182. The van der Waals surface area contributed by atoms with Crippen LogP contribution in [0.2, 0.25) is 0 Å². The highest BCUT2D eigenvalue weighted by Crippen LogP contribution is 2.26. The molecule has 2 fully saturated rings. The van der Waals surface area contributed by atoms with E-state index in [9.17, 15) is 4.39 Å². The lowest BCUT2D eigenvalue weighted by molar-refractivity contribution is 0.0342. The molecule has 0 amide bonds. The molecule has 0 spiro atoms. The first-order valence-electron chi connectivity index (χ1n) is 8.38. The van der Waals surface area contributed by atoms with Crippen LogP contribution in [-0.2, 0) is 11.3 Å². The van der Waals surface area contributed by atoms with Crippen molar-refractivity contribution in [2.45, 2.75) is 25.2 Å². The maximum atomic E-state index is 13.3. The normalized spacial score (nSPS) is 24.2. The first-order chi connectivity index (χ1) is 11.8. The Morgan fingerprint density at radius 2 is 1.96 bits per heavy atom. The molecule has 8 heteroatoms. The predicted octanol–water partition coefficient (Wildman–Crippen LogP) is 2.36. The molecular weight excluding hydrogens is 347 g/mol. The second-order valence-electron chi connectivity index (χ2n) is 6.34. The fourth-order valence-corrected chi connectivity index (χ4v) is 3.15. The Labute approximate surface area is 152 Å². The van der Waals surface area contributed by atoms with Crippen molar-refractivity contribution in [3.63, 3.8) is 0 Å². The second-order valence-corrected chi connectivity index (χ2v) is 6.34. The number of benzene rings is 1. The van der Waals surface area contributed by atoms with Gasteiger partial charge in [-0.05, 0) is 5.56 Å². The summed E-state index contributed by atoms with van der Waals surface area (Å²) < 4.78 is 23.9. The maximum Gasteiger partial charge on any atom is 0.244 e. The van der Waals surface area contributed by atoms with Gasteiger partial charge in [-0.3, -0.25) is 4.90 Å². The van der Waals surface area contributed by atoms with E-state index in [-0.39, 0.29) is 18.4 Å². The number of hydrogen-bond acceptors (Lipinski definition) is 6. The molecule has 2 saturated heterocycles. The fourth-order valence-electron chi connectivity index (χ4n) is 3.15. The molecule has 2 aliphatic rings. The van der Waals surface area contributed by atoms with Crippen LogP contribution >= 0.6 is 12.4 Å². The van der Waals surface area contributed by atoms with Crippen molar-refractivity contribution in [2.24, 2.45) is 0 Å². The molecule has 0 radical (unpaired) electrons. The van der Waals surface area contributed by atoms with Crippen molar-refractivity contribution >= 4 is 12.4 Å². The van der Waals surface area contributed by atoms with Crippen LogP contribution in [0.4, 0.5) is 4.39 Å². The van der Waals surface area contributed by atoms with Crippen LogP contribution in [0.5, 0.6) is 0 Å². The summed E-state index contributed by atoms with van der Waals surface area (Å²) in [5, 5.41) is 7.08. The summed E-state index contributed by atoms with van der Waals surface area (Å²) in [6.07, 6.45) is -0.454. The summed E-state index contributed by atoms with van der Waals surface area (Å²) in [5.74, 6) is 1.01. The number of halogens is 2. The third-order valence-corrected chi connectivity index (χ3v) is 4.54. The van der Waals surface area contributed by atoms with Gasteiger partial charge in [0.2, 0.25) is 11.7 Å². The predicted molar refractivity (Wildman–Crippen MR) is 93.3 cm³/mol. The molecule has 6 nitrogen and oxygen atoms in total. The van der Waals surface area contributed by atoms with E-state index in [1.165, 1.54) is 5.56 Å². The van der Waals surface area contributed by atoms with Gasteiger partial charge in [0.05, 0.1) is 19.3 Å². The van der Waals surface area contributed by atoms with E-state index in [0.29, 0.717) is 24.7 Å². The Hall–Kier alpha value is -1.54. The number of nitrogens with zero attached hydrogens (tertiary/aromatic N) is 3. The first kappa shape index (κ1) is 18.3. The molecule has 0 unspecified atom stereocenters. The quantitative estimate of drug-likeness (QED) is 0.893. The van der Waals surface area contributed by atoms with Gasteiger partial charge in [-0.15, -0.1) is 12.4 Å². The summed E-state index contributed by atoms with van der Waals surface area (Å²) in [4.78, 5) is 6.79. The summed E-state index contributed by atoms with van der Waals surface area (Å²) in [7, 11) is 0. The highest BCUT2D eigenvalue weighted by molar-refractivity contribution is 5.85. The van der Waals surface area contributed by atoms with Gasteiger partial charge < -0.3 is 14.6 Å². The lowest BCUT2D eigenvalue weighted by Crippen LogP contribution is -2.35. The molecular formula is C17H22ClFN4O2. The van der Waals surface area contributed by atoms with E-state index in [4.69, 9.17) is 9.26 Å². The summed E-state index contributed by atoms with van der Waals surface area (Å²) in [6, 6.07) is 8.01. The van der Waals surface area contributed by atoms with E-state index in [1.807, 2.05) is 12.1 Å². The zero-order valence-corrected chi connectivity index (χ0v) is 14.7. The number of hydrogen-bond donors (Lipinski definition) is 1. The van der Waals surface area contributed by atoms with Gasteiger partial charge in [0.15, 0.2) is 0 Å². The zero-order valence-electron chi connectivity index (χ0n) is 13.9. The second kappa shape index (κ2) is 8.23. The van der Waals surface area contributed by atoms with Crippen LogP contribution in [0.3, 0.4) is 0 Å². The molecule has 25 heavy (non-hydrogen) atoms. The Bertz CT molecular complexity index is 676. The zero-order chi connectivity index (χ0) is 16.4. The average molecular weight is 369 g/mol. The van der Waals surface area contributed by atoms with Crippen molar-refractivity contribution in [2.75, 3.05) is 32.8 Å². The Kier molecular flexibility index (Phi) is 6.01. The number of rotatable bonds is 4. The standard InChI is InChI=1S/C17H21FN4O2.ClH/c18-14-9-15(19-10-14)17-20-16(21-24-17)13-3-1-12(2-4-13)11-22-5-7-23-8-6-22;/h1-4,14-15,19H,5-11H2;1H/t14-,15+;/m0./s1. The van der Waals surface area contributed by atoms with E-state index >= 15 is 0 Å². The van der Waals surface area contributed by atoms with Gasteiger partial charge in [0, 0.05) is 38.2 Å². The van der Waals surface area contributed by atoms with Crippen molar-refractivity contribution in [1.29, 1.82) is 0 Å². The molecule has 3 heterocycles. The van der Waals surface area contributed by atoms with Crippen LogP contribution in [0, 0.1) is 0 Å². The number of nitrogens with one attached hydrogen (secondary N) is 1. The van der Waals surface area contributed by atoms with Crippen molar-refractivity contribution in [3.8, 4) is 11.4 Å². The lowest BCUT2D eigenvalue weighted by Gasteiger charge is -2.26. The molecule has 0 bridgehead atoms.